The van der Waals surface area contributed by atoms with Gasteiger partial charge in [-0.1, -0.05) is 6.07 Å². The molecule has 1 saturated heterocycles. The number of halogens is 3. The summed E-state index contributed by atoms with van der Waals surface area (Å²) in [5.41, 5.74) is 1.11. The van der Waals surface area contributed by atoms with E-state index in [1.165, 1.54) is 0 Å². The number of nitrogens with one attached hydrogen (secondary N) is 1. The standard InChI is InChI=1S/C23H32F3N5O5/c1-22(2,3)36-21(33)28-11-15-6-7-30(12-15)20(29-19(32)23(24,25)26)31-13-16-4-5-18(10-17(16)14-31)34-8-9-35-27/h4-5,10,15H,6-9,11-14,27H2,1-3H3,(H,28,33)/b29-20+. The topological polar surface area (TPSA) is 119 Å². The van der Waals surface area contributed by atoms with Gasteiger partial charge in [-0.15, -0.1) is 0 Å². The van der Waals surface area contributed by atoms with Crippen LogP contribution in [0, 0.1) is 5.92 Å². The summed E-state index contributed by atoms with van der Waals surface area (Å²) in [6.07, 6.45) is -5.04. The molecule has 3 rings (SSSR count). The number of nitrogens with zero attached hydrogens (tertiary/aromatic N) is 3. The maximum atomic E-state index is 13.1. The lowest BCUT2D eigenvalue weighted by Crippen LogP contribution is -2.43. The minimum atomic E-state index is -5.08. The lowest BCUT2D eigenvalue weighted by atomic mass is 10.1. The third-order valence-electron chi connectivity index (χ3n) is 5.60. The number of carbonyl (C=O) groups is 2. The molecule has 13 heteroatoms. The van der Waals surface area contributed by atoms with Crippen molar-refractivity contribution < 1.29 is 37.1 Å². The fraction of sp³-hybridized carbons (Fsp3) is 0.609. The molecule has 1 aromatic carbocycles. The van der Waals surface area contributed by atoms with E-state index >= 15 is 0 Å². The fourth-order valence-electron chi connectivity index (χ4n) is 4.03. The number of likely N-dealkylation sites (tertiary alicyclic amines) is 1. The molecular formula is C23H32F3N5O5. The van der Waals surface area contributed by atoms with Gasteiger partial charge in [0, 0.05) is 32.7 Å². The highest BCUT2D eigenvalue weighted by atomic mass is 19.4. The number of ether oxygens (including phenoxy) is 2. The second kappa shape index (κ2) is 11.3. The predicted molar refractivity (Wildman–Crippen MR) is 124 cm³/mol. The van der Waals surface area contributed by atoms with Crippen LogP contribution in [-0.4, -0.2) is 72.4 Å². The van der Waals surface area contributed by atoms with Gasteiger partial charge in [0.25, 0.3) is 0 Å². The van der Waals surface area contributed by atoms with E-state index in [9.17, 15) is 22.8 Å². The molecule has 36 heavy (non-hydrogen) atoms. The van der Waals surface area contributed by atoms with Crippen molar-refractivity contribution in [2.24, 2.45) is 16.8 Å². The second-order valence-electron chi connectivity index (χ2n) is 9.70. The van der Waals surface area contributed by atoms with E-state index in [2.05, 4.69) is 15.1 Å². The zero-order valence-electron chi connectivity index (χ0n) is 20.6. The van der Waals surface area contributed by atoms with E-state index in [1.807, 2.05) is 6.07 Å². The quantitative estimate of drug-likeness (QED) is 0.257. The van der Waals surface area contributed by atoms with Crippen molar-refractivity contribution in [2.45, 2.75) is 52.1 Å². The van der Waals surface area contributed by atoms with Crippen LogP contribution in [0.25, 0.3) is 0 Å². The highest BCUT2D eigenvalue weighted by molar-refractivity contribution is 5.96. The molecule has 1 fully saturated rings. The number of nitrogens with two attached hydrogens (primary N) is 1. The van der Waals surface area contributed by atoms with Gasteiger partial charge in [0.2, 0.25) is 5.96 Å². The number of hydrogen-bond acceptors (Lipinski definition) is 6. The molecule has 1 aromatic rings. The maximum Gasteiger partial charge on any atom is 0.473 e. The van der Waals surface area contributed by atoms with Gasteiger partial charge in [0.15, 0.2) is 0 Å². The summed E-state index contributed by atoms with van der Waals surface area (Å²) in [6.45, 7) is 7.29. The first-order valence-corrected chi connectivity index (χ1v) is 11.6. The third-order valence-corrected chi connectivity index (χ3v) is 5.60. The summed E-state index contributed by atoms with van der Waals surface area (Å²) < 4.78 is 50.0. The molecule has 0 radical (unpaired) electrons. The molecule has 10 nitrogen and oxygen atoms in total. The molecule has 0 bridgehead atoms. The zero-order valence-corrected chi connectivity index (χ0v) is 20.6. The molecule has 0 aliphatic carbocycles. The first kappa shape index (κ1) is 27.5. The fourth-order valence-corrected chi connectivity index (χ4v) is 4.03. The Labute approximate surface area is 207 Å². The Balaban J connectivity index is 1.70. The molecule has 1 atom stereocenters. The monoisotopic (exact) mass is 515 g/mol. The second-order valence-corrected chi connectivity index (χ2v) is 9.70. The van der Waals surface area contributed by atoms with Crippen LogP contribution in [0.3, 0.4) is 0 Å². The average Bonchev–Trinajstić information content (AvgIpc) is 3.41. The van der Waals surface area contributed by atoms with E-state index in [0.717, 1.165) is 11.1 Å². The van der Waals surface area contributed by atoms with Crippen LogP contribution >= 0.6 is 0 Å². The Kier molecular flexibility index (Phi) is 8.67. The predicted octanol–water partition coefficient (Wildman–Crippen LogP) is 2.56. The summed E-state index contributed by atoms with van der Waals surface area (Å²) >= 11 is 0. The van der Waals surface area contributed by atoms with E-state index in [4.69, 9.17) is 15.4 Å². The number of amides is 2. The van der Waals surface area contributed by atoms with Crippen molar-refractivity contribution in [3.63, 3.8) is 0 Å². The first-order valence-electron chi connectivity index (χ1n) is 11.6. The van der Waals surface area contributed by atoms with Gasteiger partial charge in [-0.05, 0) is 56.4 Å². The molecule has 2 heterocycles. The van der Waals surface area contributed by atoms with Crippen LogP contribution in [0.5, 0.6) is 5.75 Å². The van der Waals surface area contributed by atoms with Gasteiger partial charge in [0.05, 0.1) is 0 Å². The molecule has 2 aliphatic heterocycles. The zero-order chi connectivity index (χ0) is 26.5. The van der Waals surface area contributed by atoms with Crippen molar-refractivity contribution in [1.29, 1.82) is 0 Å². The third kappa shape index (κ3) is 7.72. The number of benzene rings is 1. The van der Waals surface area contributed by atoms with Crippen LogP contribution in [-0.2, 0) is 27.5 Å². The number of rotatable bonds is 6. The SMILES string of the molecule is CC(C)(C)OC(=O)NCC1CCN(/C(=N\C(=O)C(F)(F)F)N2Cc3ccc(OCCON)cc3C2)C1. The van der Waals surface area contributed by atoms with Gasteiger partial charge in [-0.3, -0.25) is 4.79 Å². The Morgan fingerprint density at radius 1 is 1.14 bits per heavy atom. The van der Waals surface area contributed by atoms with Crippen LogP contribution in [0.1, 0.15) is 38.3 Å². The number of alkyl halides is 3. The van der Waals surface area contributed by atoms with Crippen molar-refractivity contribution in [3.05, 3.63) is 29.3 Å². The molecular weight excluding hydrogens is 483 g/mol. The van der Waals surface area contributed by atoms with Crippen LogP contribution < -0.4 is 16.0 Å². The smallest absolute Gasteiger partial charge is 0.473 e. The van der Waals surface area contributed by atoms with Gasteiger partial charge < -0.3 is 29.4 Å². The lowest BCUT2D eigenvalue weighted by Gasteiger charge is -2.29. The maximum absolute atomic E-state index is 13.1. The van der Waals surface area contributed by atoms with Crippen molar-refractivity contribution in [2.75, 3.05) is 32.8 Å². The summed E-state index contributed by atoms with van der Waals surface area (Å²) in [4.78, 5) is 35.0. The van der Waals surface area contributed by atoms with Crippen LogP contribution in [0.4, 0.5) is 18.0 Å². The van der Waals surface area contributed by atoms with E-state index in [-0.39, 0.29) is 31.6 Å². The normalized spacial score (nSPS) is 18.3. The van der Waals surface area contributed by atoms with Crippen molar-refractivity contribution in [1.82, 2.24) is 15.1 Å². The molecule has 200 valence electrons. The molecule has 0 aromatic heterocycles. The van der Waals surface area contributed by atoms with E-state index < -0.39 is 23.8 Å². The highest BCUT2D eigenvalue weighted by Gasteiger charge is 2.41. The molecule has 2 aliphatic rings. The average molecular weight is 516 g/mol. The lowest BCUT2D eigenvalue weighted by molar-refractivity contribution is -0.169. The molecule has 2 amide bonds. The number of alkyl carbamates (subject to hydrolysis) is 1. The van der Waals surface area contributed by atoms with Gasteiger partial charge in [0.1, 0.15) is 24.6 Å². The first-order chi connectivity index (χ1) is 16.9. The van der Waals surface area contributed by atoms with E-state index in [1.54, 1.807) is 42.7 Å². The highest BCUT2D eigenvalue weighted by Crippen LogP contribution is 2.30. The Bertz CT molecular complexity index is 980. The molecule has 0 spiro atoms. The molecule has 3 N–H and O–H groups in total. The number of carbonyl (C=O) groups excluding carboxylic acids is 2. The number of guanidine groups is 1. The Morgan fingerprint density at radius 3 is 2.53 bits per heavy atom. The van der Waals surface area contributed by atoms with Crippen LogP contribution in [0.15, 0.2) is 23.2 Å². The van der Waals surface area contributed by atoms with Gasteiger partial charge in [-0.2, -0.15) is 18.2 Å². The number of fused-ring (bicyclic) bond motifs is 1. The van der Waals surface area contributed by atoms with Crippen molar-refractivity contribution in [3.8, 4) is 5.75 Å². The minimum Gasteiger partial charge on any atom is -0.491 e. The Hall–Kier alpha value is -3.06. The van der Waals surface area contributed by atoms with Crippen LogP contribution in [0.2, 0.25) is 0 Å². The summed E-state index contributed by atoms with van der Waals surface area (Å²) in [7, 11) is 0. The molecule has 0 saturated carbocycles. The molecule has 1 unspecified atom stereocenters. The Morgan fingerprint density at radius 2 is 1.86 bits per heavy atom. The summed E-state index contributed by atoms with van der Waals surface area (Å²) in [6, 6.07) is 5.38. The summed E-state index contributed by atoms with van der Waals surface area (Å²) in [5.74, 6) is 3.33. The number of aliphatic imine (C=N–C) groups is 1. The van der Waals surface area contributed by atoms with Gasteiger partial charge in [-0.25, -0.2) is 10.7 Å². The van der Waals surface area contributed by atoms with Gasteiger partial charge >= 0.3 is 18.2 Å². The summed E-state index contributed by atoms with van der Waals surface area (Å²) in [5, 5.41) is 2.70. The van der Waals surface area contributed by atoms with E-state index in [0.29, 0.717) is 38.3 Å². The van der Waals surface area contributed by atoms with Crippen molar-refractivity contribution >= 4 is 18.0 Å². The minimum absolute atomic E-state index is 0.0349. The largest absolute Gasteiger partial charge is 0.491 e. The number of hydrogen-bond donors (Lipinski definition) is 2.